The first-order chi connectivity index (χ1) is 10.8. The van der Waals surface area contributed by atoms with Crippen molar-refractivity contribution in [3.05, 3.63) is 45.9 Å². The fourth-order valence-corrected chi connectivity index (χ4v) is 3.03. The van der Waals surface area contributed by atoms with Crippen LogP contribution in [0.2, 0.25) is 0 Å². The number of benzene rings is 1. The van der Waals surface area contributed by atoms with Gasteiger partial charge >= 0.3 is 0 Å². The van der Waals surface area contributed by atoms with E-state index in [1.807, 2.05) is 0 Å². The summed E-state index contributed by atoms with van der Waals surface area (Å²) in [6, 6.07) is 6.92. The lowest BCUT2D eigenvalue weighted by Crippen LogP contribution is -2.13. The van der Waals surface area contributed by atoms with Crippen molar-refractivity contribution in [3.8, 4) is 0 Å². The minimum absolute atomic E-state index is 0.0151. The fourth-order valence-electron chi connectivity index (χ4n) is 2.00. The average Bonchev–Trinajstić information content (AvgIpc) is 2.95. The van der Waals surface area contributed by atoms with Crippen LogP contribution in [0.3, 0.4) is 0 Å². The van der Waals surface area contributed by atoms with Gasteiger partial charge in [-0.3, -0.25) is 9.59 Å². The van der Waals surface area contributed by atoms with Crippen LogP contribution in [0.15, 0.2) is 29.6 Å². The molecule has 1 N–H and O–H groups in total. The second-order valence-corrected chi connectivity index (χ2v) is 7.50. The number of ketones is 1. The second kappa shape index (κ2) is 7.04. The number of nitrogens with one attached hydrogen (secondary N) is 1. The predicted octanol–water partition coefficient (Wildman–Crippen LogP) is 4.21. The van der Waals surface area contributed by atoms with E-state index in [9.17, 15) is 9.59 Å². The van der Waals surface area contributed by atoms with Gasteiger partial charge in [-0.1, -0.05) is 20.8 Å². The number of amides is 1. The first-order valence-corrected chi connectivity index (χ1v) is 8.49. The number of aromatic nitrogens is 1. The Hall–Kier alpha value is -2.01. The van der Waals surface area contributed by atoms with E-state index in [1.165, 1.54) is 6.92 Å². The van der Waals surface area contributed by atoms with Gasteiger partial charge in [0.2, 0.25) is 5.91 Å². The van der Waals surface area contributed by atoms with Crippen molar-refractivity contribution in [1.82, 2.24) is 4.98 Å². The van der Waals surface area contributed by atoms with Crippen LogP contribution in [0, 0.1) is 0 Å². The smallest absolute Gasteiger partial charge is 0.224 e. The molecule has 0 aliphatic heterocycles. The van der Waals surface area contributed by atoms with Crippen LogP contribution in [-0.2, 0) is 16.6 Å². The number of nitrogens with zero attached hydrogens (tertiary/aromatic N) is 1. The topological polar surface area (TPSA) is 59.1 Å². The first-order valence-electron chi connectivity index (χ1n) is 7.61. The molecule has 122 valence electrons. The highest BCUT2D eigenvalue weighted by atomic mass is 32.1. The molecule has 0 fully saturated rings. The average molecular weight is 330 g/mol. The van der Waals surface area contributed by atoms with Crippen LogP contribution < -0.4 is 5.32 Å². The third kappa shape index (κ3) is 4.99. The molecule has 0 radical (unpaired) electrons. The van der Waals surface area contributed by atoms with Crippen LogP contribution in [0.1, 0.15) is 55.2 Å². The van der Waals surface area contributed by atoms with Crippen LogP contribution in [0.25, 0.3) is 0 Å². The summed E-state index contributed by atoms with van der Waals surface area (Å²) in [5, 5.41) is 5.89. The van der Waals surface area contributed by atoms with Crippen molar-refractivity contribution in [1.29, 1.82) is 0 Å². The quantitative estimate of drug-likeness (QED) is 0.835. The Bertz CT molecular complexity index is 697. The van der Waals surface area contributed by atoms with E-state index < -0.39 is 0 Å². The molecule has 0 bridgehead atoms. The number of anilines is 1. The number of hydrogen-bond donors (Lipinski definition) is 1. The van der Waals surface area contributed by atoms with Gasteiger partial charge in [-0.25, -0.2) is 4.98 Å². The number of rotatable bonds is 5. The third-order valence-electron chi connectivity index (χ3n) is 3.46. The zero-order valence-corrected chi connectivity index (χ0v) is 14.8. The van der Waals surface area contributed by atoms with Crippen molar-refractivity contribution in [2.45, 2.75) is 46.0 Å². The van der Waals surface area contributed by atoms with Crippen LogP contribution in [0.4, 0.5) is 5.69 Å². The van der Waals surface area contributed by atoms with E-state index in [4.69, 9.17) is 0 Å². The number of thiazole rings is 1. The standard InChI is InChI=1S/C18H22N2O2S/c1-12(21)13-5-7-14(8-6-13)19-16(22)9-10-17-20-15(11-23-17)18(2,3)4/h5-8,11H,9-10H2,1-4H3,(H,19,22). The predicted molar refractivity (Wildman–Crippen MR) is 94.2 cm³/mol. The molecule has 1 heterocycles. The molecule has 1 amide bonds. The van der Waals surface area contributed by atoms with E-state index in [2.05, 4.69) is 36.5 Å². The van der Waals surface area contributed by atoms with Gasteiger partial charge in [0, 0.05) is 34.9 Å². The number of carbonyl (C=O) groups excluding carboxylic acids is 2. The Kier molecular flexibility index (Phi) is 5.31. The van der Waals surface area contributed by atoms with Gasteiger partial charge < -0.3 is 5.32 Å². The van der Waals surface area contributed by atoms with Gasteiger partial charge in [0.1, 0.15) is 0 Å². The highest BCUT2D eigenvalue weighted by Crippen LogP contribution is 2.24. The SMILES string of the molecule is CC(=O)c1ccc(NC(=O)CCc2nc(C(C)(C)C)cs2)cc1. The summed E-state index contributed by atoms with van der Waals surface area (Å²) < 4.78 is 0. The molecule has 0 aliphatic rings. The minimum Gasteiger partial charge on any atom is -0.326 e. The Morgan fingerprint density at radius 3 is 2.35 bits per heavy atom. The molecule has 0 unspecified atom stereocenters. The van der Waals surface area contributed by atoms with Gasteiger partial charge in [-0.2, -0.15) is 0 Å². The molecule has 4 nitrogen and oxygen atoms in total. The highest BCUT2D eigenvalue weighted by Gasteiger charge is 2.17. The summed E-state index contributed by atoms with van der Waals surface area (Å²) in [5.74, 6) is -0.0330. The summed E-state index contributed by atoms with van der Waals surface area (Å²) in [7, 11) is 0. The highest BCUT2D eigenvalue weighted by molar-refractivity contribution is 7.09. The monoisotopic (exact) mass is 330 g/mol. The zero-order chi connectivity index (χ0) is 17.0. The lowest BCUT2D eigenvalue weighted by atomic mass is 9.93. The van der Waals surface area contributed by atoms with E-state index >= 15 is 0 Å². The first kappa shape index (κ1) is 17.3. The van der Waals surface area contributed by atoms with Crippen molar-refractivity contribution in [3.63, 3.8) is 0 Å². The van der Waals surface area contributed by atoms with E-state index in [-0.39, 0.29) is 17.1 Å². The molecule has 5 heteroatoms. The Morgan fingerprint density at radius 2 is 1.83 bits per heavy atom. The van der Waals surface area contributed by atoms with E-state index in [1.54, 1.807) is 35.6 Å². The summed E-state index contributed by atoms with van der Waals surface area (Å²) in [6.45, 7) is 7.91. The Labute approximate surface area is 141 Å². The van der Waals surface area contributed by atoms with Gasteiger partial charge in [-0.15, -0.1) is 11.3 Å². The number of aryl methyl sites for hydroxylation is 1. The molecular formula is C18H22N2O2S. The number of carbonyl (C=O) groups is 2. The molecule has 0 aliphatic carbocycles. The van der Waals surface area contributed by atoms with Crippen molar-refractivity contribution < 1.29 is 9.59 Å². The summed E-state index contributed by atoms with van der Waals surface area (Å²) in [5.41, 5.74) is 2.45. The van der Waals surface area contributed by atoms with Crippen LogP contribution in [-0.4, -0.2) is 16.7 Å². The van der Waals surface area contributed by atoms with Crippen LogP contribution >= 0.6 is 11.3 Å². The lowest BCUT2D eigenvalue weighted by molar-refractivity contribution is -0.116. The molecular weight excluding hydrogens is 308 g/mol. The molecule has 0 saturated heterocycles. The third-order valence-corrected chi connectivity index (χ3v) is 4.37. The number of Topliss-reactive ketones (excluding diaryl/α,β-unsaturated/α-hetero) is 1. The summed E-state index contributed by atoms with van der Waals surface area (Å²) in [6.07, 6.45) is 1.03. The van der Waals surface area contributed by atoms with Crippen molar-refractivity contribution >= 4 is 28.7 Å². The van der Waals surface area contributed by atoms with Crippen molar-refractivity contribution in [2.75, 3.05) is 5.32 Å². The molecule has 23 heavy (non-hydrogen) atoms. The maximum Gasteiger partial charge on any atom is 0.224 e. The lowest BCUT2D eigenvalue weighted by Gasteiger charge is -2.14. The fraction of sp³-hybridized carbons (Fsp3) is 0.389. The largest absolute Gasteiger partial charge is 0.326 e. The van der Waals surface area contributed by atoms with Gasteiger partial charge in [-0.05, 0) is 31.2 Å². The molecule has 2 aromatic rings. The van der Waals surface area contributed by atoms with E-state index in [0.717, 1.165) is 10.7 Å². The normalized spacial score (nSPS) is 11.3. The minimum atomic E-state index is -0.0481. The summed E-state index contributed by atoms with van der Waals surface area (Å²) >= 11 is 1.60. The second-order valence-electron chi connectivity index (χ2n) is 6.56. The molecule has 0 saturated carbocycles. The maximum absolute atomic E-state index is 12.0. The van der Waals surface area contributed by atoms with E-state index in [0.29, 0.717) is 24.1 Å². The molecule has 2 rings (SSSR count). The molecule has 0 atom stereocenters. The zero-order valence-electron chi connectivity index (χ0n) is 14.0. The maximum atomic E-state index is 12.0. The molecule has 1 aromatic heterocycles. The van der Waals surface area contributed by atoms with Gasteiger partial charge in [0.15, 0.2) is 5.78 Å². The Balaban J connectivity index is 1.87. The van der Waals surface area contributed by atoms with Gasteiger partial charge in [0.25, 0.3) is 0 Å². The van der Waals surface area contributed by atoms with Crippen molar-refractivity contribution in [2.24, 2.45) is 0 Å². The van der Waals surface area contributed by atoms with Gasteiger partial charge in [0.05, 0.1) is 10.7 Å². The Morgan fingerprint density at radius 1 is 1.17 bits per heavy atom. The summed E-state index contributed by atoms with van der Waals surface area (Å²) in [4.78, 5) is 27.8. The van der Waals surface area contributed by atoms with Crippen LogP contribution in [0.5, 0.6) is 0 Å². The molecule has 0 spiro atoms. The number of hydrogen-bond acceptors (Lipinski definition) is 4. The molecule has 1 aromatic carbocycles.